The van der Waals surface area contributed by atoms with Crippen LogP contribution in [0.3, 0.4) is 0 Å². The third kappa shape index (κ3) is 2.98. The second-order valence-electron chi connectivity index (χ2n) is 6.41. The smallest absolute Gasteiger partial charge is 0.228 e. The molecule has 2 aliphatic heterocycles. The van der Waals surface area contributed by atoms with Crippen molar-refractivity contribution in [3.63, 3.8) is 0 Å². The highest BCUT2D eigenvalue weighted by atomic mass is 19.1. The van der Waals surface area contributed by atoms with Crippen LogP contribution in [0.4, 0.5) is 10.1 Å². The van der Waals surface area contributed by atoms with Gasteiger partial charge in [-0.2, -0.15) is 0 Å². The van der Waals surface area contributed by atoms with Crippen molar-refractivity contribution in [1.82, 2.24) is 4.90 Å². The molecule has 0 saturated carbocycles. The molecule has 5 heteroatoms. The molecule has 2 aliphatic rings. The third-order valence-corrected chi connectivity index (χ3v) is 4.58. The summed E-state index contributed by atoms with van der Waals surface area (Å²) in [5, 5.41) is 0. The Labute approximate surface area is 129 Å². The van der Waals surface area contributed by atoms with E-state index in [1.807, 2.05) is 4.90 Å². The van der Waals surface area contributed by atoms with E-state index in [0.717, 1.165) is 25.9 Å². The van der Waals surface area contributed by atoms with Crippen LogP contribution in [-0.2, 0) is 9.59 Å². The number of hydrogen-bond acceptors (Lipinski definition) is 2. The summed E-state index contributed by atoms with van der Waals surface area (Å²) in [6.07, 6.45) is 2.45. The standard InChI is InChI=1S/C17H21FN2O2/c1-12-3-2-8-19(10-12)17(22)13-9-16(21)20(11-13)15-6-4-14(18)5-7-15/h4-7,12-13H,2-3,8-11H2,1H3/t12-,13-/m0/s1. The quantitative estimate of drug-likeness (QED) is 0.842. The van der Waals surface area contributed by atoms with Crippen LogP contribution in [0.15, 0.2) is 24.3 Å². The molecule has 2 saturated heterocycles. The van der Waals surface area contributed by atoms with Gasteiger partial charge in [-0.25, -0.2) is 4.39 Å². The van der Waals surface area contributed by atoms with Gasteiger partial charge in [-0.1, -0.05) is 6.92 Å². The molecule has 0 aliphatic carbocycles. The Balaban J connectivity index is 1.68. The lowest BCUT2D eigenvalue weighted by atomic mass is 9.98. The van der Waals surface area contributed by atoms with Gasteiger partial charge in [0, 0.05) is 31.7 Å². The van der Waals surface area contributed by atoms with Crippen LogP contribution < -0.4 is 4.90 Å². The first kappa shape index (κ1) is 15.0. The fourth-order valence-electron chi connectivity index (χ4n) is 3.39. The molecule has 0 aromatic heterocycles. The number of benzene rings is 1. The molecule has 118 valence electrons. The van der Waals surface area contributed by atoms with Crippen molar-refractivity contribution in [2.75, 3.05) is 24.5 Å². The van der Waals surface area contributed by atoms with Crippen LogP contribution in [0.25, 0.3) is 0 Å². The molecule has 0 N–H and O–H groups in total. The number of anilines is 1. The number of hydrogen-bond donors (Lipinski definition) is 0. The van der Waals surface area contributed by atoms with E-state index in [0.29, 0.717) is 18.2 Å². The van der Waals surface area contributed by atoms with Gasteiger partial charge in [-0.15, -0.1) is 0 Å². The number of likely N-dealkylation sites (tertiary alicyclic amines) is 1. The summed E-state index contributed by atoms with van der Waals surface area (Å²) in [6, 6.07) is 5.85. The van der Waals surface area contributed by atoms with E-state index in [2.05, 4.69) is 6.92 Å². The number of carbonyl (C=O) groups is 2. The molecule has 2 fully saturated rings. The Morgan fingerprint density at radius 1 is 1.23 bits per heavy atom. The minimum Gasteiger partial charge on any atom is -0.342 e. The summed E-state index contributed by atoms with van der Waals surface area (Å²) in [5.74, 6) is -0.0456. The fraction of sp³-hybridized carbons (Fsp3) is 0.529. The first-order valence-electron chi connectivity index (χ1n) is 7.89. The Morgan fingerprint density at radius 3 is 2.64 bits per heavy atom. The predicted molar refractivity (Wildman–Crippen MR) is 81.8 cm³/mol. The summed E-state index contributed by atoms with van der Waals surface area (Å²) >= 11 is 0. The summed E-state index contributed by atoms with van der Waals surface area (Å²) in [4.78, 5) is 28.3. The molecule has 0 radical (unpaired) electrons. The van der Waals surface area contributed by atoms with Crippen LogP contribution in [0.5, 0.6) is 0 Å². The second-order valence-corrected chi connectivity index (χ2v) is 6.41. The van der Waals surface area contributed by atoms with Crippen molar-refractivity contribution in [2.24, 2.45) is 11.8 Å². The number of halogens is 1. The Morgan fingerprint density at radius 2 is 1.95 bits per heavy atom. The molecular formula is C17H21FN2O2. The number of nitrogens with zero attached hydrogens (tertiary/aromatic N) is 2. The Bertz CT molecular complexity index is 573. The molecule has 1 aromatic carbocycles. The maximum absolute atomic E-state index is 13.0. The van der Waals surface area contributed by atoms with Crippen LogP contribution in [-0.4, -0.2) is 36.3 Å². The molecule has 1 aromatic rings. The molecule has 2 amide bonds. The van der Waals surface area contributed by atoms with Crippen molar-refractivity contribution < 1.29 is 14.0 Å². The molecule has 0 spiro atoms. The summed E-state index contributed by atoms with van der Waals surface area (Å²) < 4.78 is 13.0. The van der Waals surface area contributed by atoms with Crippen molar-refractivity contribution in [3.05, 3.63) is 30.1 Å². The van der Waals surface area contributed by atoms with Gasteiger partial charge in [0.1, 0.15) is 5.82 Å². The lowest BCUT2D eigenvalue weighted by Gasteiger charge is -2.32. The van der Waals surface area contributed by atoms with E-state index >= 15 is 0 Å². The van der Waals surface area contributed by atoms with Gasteiger partial charge >= 0.3 is 0 Å². The van der Waals surface area contributed by atoms with Crippen LogP contribution in [0.1, 0.15) is 26.2 Å². The molecule has 2 atom stereocenters. The largest absolute Gasteiger partial charge is 0.342 e. The fourth-order valence-corrected chi connectivity index (χ4v) is 3.39. The van der Waals surface area contributed by atoms with E-state index in [1.54, 1.807) is 17.0 Å². The maximum atomic E-state index is 13.0. The lowest BCUT2D eigenvalue weighted by molar-refractivity contribution is -0.137. The van der Waals surface area contributed by atoms with Crippen LogP contribution in [0, 0.1) is 17.7 Å². The zero-order valence-corrected chi connectivity index (χ0v) is 12.8. The highest BCUT2D eigenvalue weighted by molar-refractivity contribution is 6.00. The number of piperidine rings is 1. The summed E-state index contributed by atoms with van der Waals surface area (Å²) in [6.45, 7) is 4.14. The first-order valence-corrected chi connectivity index (χ1v) is 7.89. The van der Waals surface area contributed by atoms with Crippen molar-refractivity contribution in [1.29, 1.82) is 0 Å². The SMILES string of the molecule is C[C@H]1CCCN(C(=O)[C@H]2CC(=O)N(c3ccc(F)cc3)C2)C1. The van der Waals surface area contributed by atoms with Gasteiger partial charge in [-0.3, -0.25) is 9.59 Å². The summed E-state index contributed by atoms with van der Waals surface area (Å²) in [5.41, 5.74) is 0.661. The average Bonchev–Trinajstić information content (AvgIpc) is 2.89. The van der Waals surface area contributed by atoms with Gasteiger partial charge < -0.3 is 9.80 Å². The highest BCUT2D eigenvalue weighted by Gasteiger charge is 2.37. The molecule has 0 bridgehead atoms. The molecule has 22 heavy (non-hydrogen) atoms. The minimum absolute atomic E-state index is 0.0602. The highest BCUT2D eigenvalue weighted by Crippen LogP contribution is 2.28. The monoisotopic (exact) mass is 304 g/mol. The van der Waals surface area contributed by atoms with Gasteiger partial charge in [0.05, 0.1) is 5.92 Å². The Kier molecular flexibility index (Phi) is 4.14. The first-order chi connectivity index (χ1) is 10.5. The second kappa shape index (κ2) is 6.07. The minimum atomic E-state index is -0.328. The van der Waals surface area contributed by atoms with Crippen molar-refractivity contribution in [2.45, 2.75) is 26.2 Å². The van der Waals surface area contributed by atoms with E-state index in [9.17, 15) is 14.0 Å². The molecular weight excluding hydrogens is 283 g/mol. The van der Waals surface area contributed by atoms with Crippen molar-refractivity contribution in [3.8, 4) is 0 Å². The maximum Gasteiger partial charge on any atom is 0.228 e. The Hall–Kier alpha value is -1.91. The predicted octanol–water partition coefficient (Wildman–Crippen LogP) is 2.44. The van der Waals surface area contributed by atoms with E-state index < -0.39 is 0 Å². The van der Waals surface area contributed by atoms with Crippen molar-refractivity contribution >= 4 is 17.5 Å². The molecule has 3 rings (SSSR count). The third-order valence-electron chi connectivity index (χ3n) is 4.58. The number of carbonyl (C=O) groups excluding carboxylic acids is 2. The van der Waals surface area contributed by atoms with E-state index in [4.69, 9.17) is 0 Å². The van der Waals surface area contributed by atoms with Gasteiger partial charge in [-0.05, 0) is 43.0 Å². The van der Waals surface area contributed by atoms with Crippen LogP contribution >= 0.6 is 0 Å². The normalized spacial score (nSPS) is 25.6. The molecule has 4 nitrogen and oxygen atoms in total. The number of amides is 2. The molecule has 2 heterocycles. The topological polar surface area (TPSA) is 40.6 Å². The average molecular weight is 304 g/mol. The van der Waals surface area contributed by atoms with Gasteiger partial charge in [0.25, 0.3) is 0 Å². The zero-order valence-electron chi connectivity index (χ0n) is 12.8. The van der Waals surface area contributed by atoms with Gasteiger partial charge in [0.15, 0.2) is 0 Å². The zero-order chi connectivity index (χ0) is 15.7. The lowest BCUT2D eigenvalue weighted by Crippen LogP contribution is -2.43. The van der Waals surface area contributed by atoms with Crippen LogP contribution in [0.2, 0.25) is 0 Å². The van der Waals surface area contributed by atoms with E-state index in [-0.39, 0.29) is 30.0 Å². The number of rotatable bonds is 2. The van der Waals surface area contributed by atoms with E-state index in [1.165, 1.54) is 12.1 Å². The summed E-state index contributed by atoms with van der Waals surface area (Å²) in [7, 11) is 0. The molecule has 0 unspecified atom stereocenters. The van der Waals surface area contributed by atoms with Gasteiger partial charge in [0.2, 0.25) is 11.8 Å².